The van der Waals surface area contributed by atoms with E-state index in [0.717, 1.165) is 10.9 Å². The van der Waals surface area contributed by atoms with E-state index < -0.39 is 20.5 Å². The van der Waals surface area contributed by atoms with Crippen molar-refractivity contribution in [2.75, 3.05) is 13.7 Å². The summed E-state index contributed by atoms with van der Waals surface area (Å²) in [5.41, 5.74) is 1.97. The third-order valence-corrected chi connectivity index (χ3v) is 5.22. The van der Waals surface area contributed by atoms with E-state index in [9.17, 15) is 0 Å². The smallest absolute Gasteiger partial charge is 0.405 e. The zero-order valence-electron chi connectivity index (χ0n) is 15.0. The fraction of sp³-hybridized carbons (Fsp3) is 0.368. The Morgan fingerprint density at radius 3 is 2.07 bits per heavy atom. The Balaban J connectivity index is 1.32. The SMILES string of the molecule is COC1OC(C2COB(c3ccccc3)O2)C2OB(c3ccccc3)OC12. The average Bonchev–Trinajstić information content (AvgIpc) is 3.44. The Labute approximate surface area is 158 Å². The normalized spacial score (nSPS) is 32.9. The molecule has 2 aromatic carbocycles. The second kappa shape index (κ2) is 7.39. The molecule has 5 rings (SSSR count). The first-order valence-corrected chi connectivity index (χ1v) is 9.19. The predicted octanol–water partition coefficient (Wildman–Crippen LogP) is 0.348. The zero-order chi connectivity index (χ0) is 18.2. The van der Waals surface area contributed by atoms with E-state index in [4.69, 9.17) is 28.1 Å². The van der Waals surface area contributed by atoms with Crippen LogP contribution in [0, 0.1) is 0 Å². The lowest BCUT2D eigenvalue weighted by atomic mass is 9.79. The Kier molecular flexibility index (Phi) is 4.77. The van der Waals surface area contributed by atoms with E-state index in [1.54, 1.807) is 7.11 Å². The molecular formula is C19H20B2O6. The summed E-state index contributed by atoms with van der Waals surface area (Å²) in [7, 11) is 0.784. The number of methoxy groups -OCH3 is 1. The van der Waals surface area contributed by atoms with E-state index in [2.05, 4.69) is 0 Å². The van der Waals surface area contributed by atoms with Crippen LogP contribution >= 0.6 is 0 Å². The van der Waals surface area contributed by atoms with Gasteiger partial charge in [-0.3, -0.25) is 0 Å². The summed E-state index contributed by atoms with van der Waals surface area (Å²) in [6.07, 6.45) is -1.63. The fourth-order valence-corrected chi connectivity index (χ4v) is 3.90. The molecule has 0 saturated carbocycles. The van der Waals surface area contributed by atoms with Gasteiger partial charge in [0.15, 0.2) is 6.29 Å². The highest BCUT2D eigenvalue weighted by atomic mass is 16.8. The number of benzene rings is 2. The summed E-state index contributed by atoms with van der Waals surface area (Å²) < 4.78 is 35.8. The van der Waals surface area contributed by atoms with Crippen LogP contribution in [0.4, 0.5) is 0 Å². The third kappa shape index (κ3) is 3.23. The molecule has 2 aromatic rings. The van der Waals surface area contributed by atoms with Gasteiger partial charge in [0.1, 0.15) is 18.3 Å². The largest absolute Gasteiger partial charge is 0.494 e. The van der Waals surface area contributed by atoms with Gasteiger partial charge in [-0.1, -0.05) is 60.7 Å². The van der Waals surface area contributed by atoms with Gasteiger partial charge in [0.05, 0.1) is 12.7 Å². The monoisotopic (exact) mass is 366 g/mol. The molecule has 3 heterocycles. The second-order valence-electron chi connectivity index (χ2n) is 6.90. The number of hydrogen-bond donors (Lipinski definition) is 0. The molecule has 0 spiro atoms. The molecule has 5 unspecified atom stereocenters. The van der Waals surface area contributed by atoms with Gasteiger partial charge in [0, 0.05) is 7.11 Å². The molecular weight excluding hydrogens is 346 g/mol. The van der Waals surface area contributed by atoms with Gasteiger partial charge in [-0.2, -0.15) is 0 Å². The summed E-state index contributed by atoms with van der Waals surface area (Å²) in [5, 5.41) is 0. The van der Waals surface area contributed by atoms with Crippen molar-refractivity contribution in [2.45, 2.75) is 30.7 Å². The highest BCUT2D eigenvalue weighted by Crippen LogP contribution is 2.36. The van der Waals surface area contributed by atoms with Crippen LogP contribution in [0.2, 0.25) is 0 Å². The first kappa shape index (κ1) is 17.4. The van der Waals surface area contributed by atoms with E-state index in [-0.39, 0.29) is 24.4 Å². The van der Waals surface area contributed by atoms with E-state index in [0.29, 0.717) is 6.61 Å². The van der Waals surface area contributed by atoms with Crippen LogP contribution in [0.25, 0.3) is 0 Å². The number of fused-ring (bicyclic) bond motifs is 1. The average molecular weight is 366 g/mol. The van der Waals surface area contributed by atoms with Gasteiger partial charge < -0.3 is 28.1 Å². The Morgan fingerprint density at radius 1 is 0.778 bits per heavy atom. The standard InChI is InChI=1S/C19H20B2O6/c1-22-19-18-17(26-21(27-18)14-10-6-3-7-11-14)16(24-19)15-12-23-20(25-15)13-8-4-2-5-9-13/h2-11,15-19H,12H2,1H3. The second-order valence-corrected chi connectivity index (χ2v) is 6.90. The van der Waals surface area contributed by atoms with Gasteiger partial charge in [-0.25, -0.2) is 0 Å². The summed E-state index contributed by atoms with van der Waals surface area (Å²) in [5.74, 6) is 0. The lowest BCUT2D eigenvalue weighted by molar-refractivity contribution is -0.159. The van der Waals surface area contributed by atoms with Crippen molar-refractivity contribution >= 4 is 25.2 Å². The predicted molar refractivity (Wildman–Crippen MR) is 99.9 cm³/mol. The first-order valence-electron chi connectivity index (χ1n) is 9.19. The highest BCUT2D eigenvalue weighted by molar-refractivity contribution is 6.62. The van der Waals surface area contributed by atoms with Crippen molar-refractivity contribution in [1.29, 1.82) is 0 Å². The van der Waals surface area contributed by atoms with Gasteiger partial charge >= 0.3 is 14.2 Å². The quantitative estimate of drug-likeness (QED) is 0.729. The molecule has 3 saturated heterocycles. The van der Waals surface area contributed by atoms with Crippen LogP contribution < -0.4 is 10.9 Å². The first-order chi connectivity index (χ1) is 13.3. The molecule has 5 atom stereocenters. The lowest BCUT2D eigenvalue weighted by Gasteiger charge is -2.23. The van der Waals surface area contributed by atoms with Crippen molar-refractivity contribution in [1.82, 2.24) is 0 Å². The molecule has 0 bridgehead atoms. The van der Waals surface area contributed by atoms with Gasteiger partial charge in [0.2, 0.25) is 0 Å². The summed E-state index contributed by atoms with van der Waals surface area (Å²) in [6.45, 7) is 0.434. The van der Waals surface area contributed by atoms with E-state index in [1.165, 1.54) is 0 Å². The van der Waals surface area contributed by atoms with Crippen molar-refractivity contribution in [2.24, 2.45) is 0 Å². The topological polar surface area (TPSA) is 55.4 Å². The fourth-order valence-electron chi connectivity index (χ4n) is 3.90. The summed E-state index contributed by atoms with van der Waals surface area (Å²) in [4.78, 5) is 0. The number of hydrogen-bond acceptors (Lipinski definition) is 6. The van der Waals surface area contributed by atoms with Crippen LogP contribution in [0.5, 0.6) is 0 Å². The van der Waals surface area contributed by atoms with Crippen molar-refractivity contribution in [3.63, 3.8) is 0 Å². The maximum absolute atomic E-state index is 6.21. The van der Waals surface area contributed by atoms with Crippen molar-refractivity contribution in [3.8, 4) is 0 Å². The van der Waals surface area contributed by atoms with Gasteiger partial charge in [-0.05, 0) is 10.9 Å². The highest BCUT2D eigenvalue weighted by Gasteiger charge is 2.58. The molecule has 3 aliphatic rings. The van der Waals surface area contributed by atoms with Gasteiger partial charge in [-0.15, -0.1) is 0 Å². The van der Waals surface area contributed by atoms with Crippen LogP contribution in [0.15, 0.2) is 60.7 Å². The summed E-state index contributed by atoms with van der Waals surface area (Å²) in [6, 6.07) is 19.8. The van der Waals surface area contributed by atoms with Crippen LogP contribution in [0.1, 0.15) is 0 Å². The molecule has 6 nitrogen and oxygen atoms in total. The molecule has 0 amide bonds. The molecule has 8 heteroatoms. The van der Waals surface area contributed by atoms with Crippen molar-refractivity contribution in [3.05, 3.63) is 60.7 Å². The molecule has 3 aliphatic heterocycles. The van der Waals surface area contributed by atoms with Crippen LogP contribution in [0.3, 0.4) is 0 Å². The molecule has 3 fully saturated rings. The minimum atomic E-state index is -0.493. The van der Waals surface area contributed by atoms with Crippen LogP contribution in [-0.4, -0.2) is 58.7 Å². The number of rotatable bonds is 4. The Hall–Kier alpha value is -1.67. The molecule has 0 radical (unpaired) electrons. The summed E-state index contributed by atoms with van der Waals surface area (Å²) >= 11 is 0. The third-order valence-electron chi connectivity index (χ3n) is 5.22. The maximum Gasteiger partial charge on any atom is 0.494 e. The lowest BCUT2D eigenvalue weighted by Crippen LogP contribution is -2.42. The molecule has 27 heavy (non-hydrogen) atoms. The van der Waals surface area contributed by atoms with Crippen LogP contribution in [-0.2, 0) is 28.1 Å². The van der Waals surface area contributed by atoms with E-state index in [1.807, 2.05) is 60.7 Å². The van der Waals surface area contributed by atoms with E-state index >= 15 is 0 Å². The van der Waals surface area contributed by atoms with Gasteiger partial charge in [0.25, 0.3) is 0 Å². The Morgan fingerprint density at radius 2 is 1.41 bits per heavy atom. The number of ether oxygens (including phenoxy) is 2. The minimum Gasteiger partial charge on any atom is -0.405 e. The molecule has 0 N–H and O–H groups in total. The molecule has 138 valence electrons. The van der Waals surface area contributed by atoms with Crippen molar-refractivity contribution < 1.29 is 28.1 Å². The Bertz CT molecular complexity index is 763. The molecule has 0 aromatic heterocycles. The maximum atomic E-state index is 6.21. The zero-order valence-corrected chi connectivity index (χ0v) is 15.0. The minimum absolute atomic E-state index is 0.249. The molecule has 0 aliphatic carbocycles.